The molecule has 0 unspecified atom stereocenters. The van der Waals surface area contributed by atoms with Gasteiger partial charge in [-0.2, -0.15) is 10.5 Å². The number of hydrogen-bond donors (Lipinski definition) is 1. The van der Waals surface area contributed by atoms with E-state index in [1.807, 2.05) is 25.1 Å². The maximum absolute atomic E-state index is 9.04. The highest BCUT2D eigenvalue weighted by molar-refractivity contribution is 5.87. The van der Waals surface area contributed by atoms with Crippen LogP contribution in [0.2, 0.25) is 0 Å². The van der Waals surface area contributed by atoms with Crippen LogP contribution in [-0.4, -0.2) is 4.98 Å². The van der Waals surface area contributed by atoms with Gasteiger partial charge in [0.25, 0.3) is 0 Å². The fraction of sp³-hybridized carbons (Fsp3) is 0.0556. The molecule has 0 aliphatic carbocycles. The minimum absolute atomic E-state index is 0.545. The minimum Gasteiger partial charge on any atom is -0.398 e. The molecule has 4 heteroatoms. The highest BCUT2D eigenvalue weighted by Gasteiger charge is 2.09. The third kappa shape index (κ3) is 2.24. The highest BCUT2D eigenvalue weighted by Crippen LogP contribution is 2.29. The largest absolute Gasteiger partial charge is 0.398 e. The first-order valence-electron chi connectivity index (χ1n) is 6.74. The van der Waals surface area contributed by atoms with Crippen molar-refractivity contribution in [1.29, 1.82) is 10.5 Å². The molecule has 1 heterocycles. The molecule has 4 nitrogen and oxygen atoms in total. The monoisotopic (exact) mass is 284 g/mol. The van der Waals surface area contributed by atoms with Crippen molar-refractivity contribution in [2.24, 2.45) is 0 Å². The van der Waals surface area contributed by atoms with Crippen LogP contribution in [-0.2, 0) is 0 Å². The predicted octanol–water partition coefficient (Wildman–Crippen LogP) is 3.54. The molecule has 22 heavy (non-hydrogen) atoms. The maximum Gasteiger partial charge on any atom is 0.0991 e. The van der Waals surface area contributed by atoms with E-state index in [0.717, 1.165) is 27.7 Å². The van der Waals surface area contributed by atoms with Crippen LogP contribution in [0.4, 0.5) is 5.69 Å². The fourth-order valence-electron chi connectivity index (χ4n) is 2.45. The van der Waals surface area contributed by atoms with Gasteiger partial charge in [-0.05, 0) is 55.0 Å². The number of nitrogen functional groups attached to an aromatic ring is 1. The standard InChI is InChI=1S/C18H12N4/c1-11-6-18(15-8-12(9-19)2-4-16(15)21)22-17-5-3-13(10-20)7-14(11)17/h2-8H,21H2,1H3. The number of rotatable bonds is 1. The number of aromatic nitrogens is 1. The molecule has 0 saturated carbocycles. The smallest absolute Gasteiger partial charge is 0.0991 e. The molecule has 0 amide bonds. The summed E-state index contributed by atoms with van der Waals surface area (Å²) in [6.45, 7) is 1.97. The van der Waals surface area contributed by atoms with Crippen molar-refractivity contribution >= 4 is 16.6 Å². The number of nitrogens with zero attached hydrogens (tertiary/aromatic N) is 3. The van der Waals surface area contributed by atoms with Crippen LogP contribution in [0.5, 0.6) is 0 Å². The lowest BCUT2D eigenvalue weighted by Gasteiger charge is -2.09. The van der Waals surface area contributed by atoms with Crippen LogP contribution < -0.4 is 5.73 Å². The molecule has 3 rings (SSSR count). The van der Waals surface area contributed by atoms with Crippen molar-refractivity contribution in [3.8, 4) is 23.4 Å². The van der Waals surface area contributed by atoms with E-state index in [1.165, 1.54) is 0 Å². The fourth-order valence-corrected chi connectivity index (χ4v) is 2.45. The number of aryl methyl sites for hydroxylation is 1. The highest BCUT2D eigenvalue weighted by atomic mass is 14.7. The van der Waals surface area contributed by atoms with Gasteiger partial charge in [0.05, 0.1) is 34.5 Å². The van der Waals surface area contributed by atoms with Crippen molar-refractivity contribution in [3.05, 3.63) is 59.2 Å². The molecule has 0 fully saturated rings. The second kappa shape index (κ2) is 5.20. The molecule has 2 aromatic carbocycles. The van der Waals surface area contributed by atoms with Crippen LogP contribution in [0.3, 0.4) is 0 Å². The second-order valence-corrected chi connectivity index (χ2v) is 5.08. The Balaban J connectivity index is 2.26. The van der Waals surface area contributed by atoms with Crippen molar-refractivity contribution in [1.82, 2.24) is 4.98 Å². The molecule has 3 aromatic rings. The summed E-state index contributed by atoms with van der Waals surface area (Å²) in [5, 5.41) is 19.0. The summed E-state index contributed by atoms with van der Waals surface area (Å²) in [7, 11) is 0. The first-order chi connectivity index (χ1) is 10.6. The van der Waals surface area contributed by atoms with Crippen molar-refractivity contribution in [2.45, 2.75) is 6.92 Å². The first kappa shape index (κ1) is 13.6. The van der Waals surface area contributed by atoms with Gasteiger partial charge < -0.3 is 5.73 Å². The quantitative estimate of drug-likeness (QED) is 0.692. The Kier molecular flexibility index (Phi) is 3.21. The maximum atomic E-state index is 9.04. The Bertz CT molecular complexity index is 975. The Hall–Kier alpha value is -3.37. The van der Waals surface area contributed by atoms with Crippen LogP contribution in [0, 0.1) is 29.6 Å². The Morgan fingerprint density at radius 3 is 2.36 bits per heavy atom. The van der Waals surface area contributed by atoms with Crippen molar-refractivity contribution in [3.63, 3.8) is 0 Å². The summed E-state index contributed by atoms with van der Waals surface area (Å²) in [5.41, 5.74) is 11.0. The van der Waals surface area contributed by atoms with Crippen molar-refractivity contribution < 1.29 is 0 Å². The number of nitriles is 2. The average molecular weight is 284 g/mol. The molecule has 0 aliphatic heterocycles. The third-order valence-corrected chi connectivity index (χ3v) is 3.60. The molecule has 0 saturated heterocycles. The van der Waals surface area contributed by atoms with Gasteiger partial charge in [0.1, 0.15) is 0 Å². The lowest BCUT2D eigenvalue weighted by Crippen LogP contribution is -1.95. The zero-order valence-electron chi connectivity index (χ0n) is 12.0. The number of hydrogen-bond acceptors (Lipinski definition) is 4. The van der Waals surface area contributed by atoms with Gasteiger partial charge in [0, 0.05) is 16.6 Å². The van der Waals surface area contributed by atoms with Crippen LogP contribution >= 0.6 is 0 Å². The van der Waals surface area contributed by atoms with E-state index in [1.54, 1.807) is 24.3 Å². The van der Waals surface area contributed by atoms with E-state index in [4.69, 9.17) is 16.3 Å². The lowest BCUT2D eigenvalue weighted by atomic mass is 10.0. The van der Waals surface area contributed by atoms with Gasteiger partial charge in [0.15, 0.2) is 0 Å². The number of anilines is 1. The van der Waals surface area contributed by atoms with Gasteiger partial charge in [-0.25, -0.2) is 4.98 Å². The van der Waals surface area contributed by atoms with E-state index < -0.39 is 0 Å². The Morgan fingerprint density at radius 1 is 0.955 bits per heavy atom. The normalized spacial score (nSPS) is 10.1. The predicted molar refractivity (Wildman–Crippen MR) is 85.8 cm³/mol. The molecule has 2 N–H and O–H groups in total. The zero-order valence-corrected chi connectivity index (χ0v) is 12.0. The number of benzene rings is 2. The zero-order chi connectivity index (χ0) is 15.7. The van der Waals surface area contributed by atoms with Gasteiger partial charge in [0.2, 0.25) is 0 Å². The number of fused-ring (bicyclic) bond motifs is 1. The van der Waals surface area contributed by atoms with Crippen LogP contribution in [0.25, 0.3) is 22.2 Å². The Labute approximate surface area is 128 Å². The summed E-state index contributed by atoms with van der Waals surface area (Å²) >= 11 is 0. The lowest BCUT2D eigenvalue weighted by molar-refractivity contribution is 1.35. The summed E-state index contributed by atoms with van der Waals surface area (Å²) in [6, 6.07) is 16.7. The van der Waals surface area contributed by atoms with E-state index in [0.29, 0.717) is 16.8 Å². The molecular formula is C18H12N4. The first-order valence-corrected chi connectivity index (χ1v) is 6.74. The summed E-state index contributed by atoms with van der Waals surface area (Å²) in [4.78, 5) is 4.62. The number of pyridine rings is 1. The molecule has 1 aromatic heterocycles. The molecule has 0 spiro atoms. The number of nitrogens with two attached hydrogens (primary N) is 1. The molecule has 0 aliphatic rings. The Morgan fingerprint density at radius 2 is 1.64 bits per heavy atom. The van der Waals surface area contributed by atoms with Crippen molar-refractivity contribution in [2.75, 3.05) is 5.73 Å². The topological polar surface area (TPSA) is 86.5 Å². The molecule has 104 valence electrons. The van der Waals surface area contributed by atoms with Gasteiger partial charge in [-0.1, -0.05) is 0 Å². The summed E-state index contributed by atoms with van der Waals surface area (Å²) < 4.78 is 0. The summed E-state index contributed by atoms with van der Waals surface area (Å²) in [6.07, 6.45) is 0. The van der Waals surface area contributed by atoms with E-state index >= 15 is 0 Å². The molecule has 0 atom stereocenters. The minimum atomic E-state index is 0.545. The summed E-state index contributed by atoms with van der Waals surface area (Å²) in [5.74, 6) is 0. The van der Waals surface area contributed by atoms with Gasteiger partial charge >= 0.3 is 0 Å². The SMILES string of the molecule is Cc1cc(-c2cc(C#N)ccc2N)nc2ccc(C#N)cc12. The van der Waals surface area contributed by atoms with Gasteiger partial charge in [-0.3, -0.25) is 0 Å². The van der Waals surface area contributed by atoms with E-state index in [2.05, 4.69) is 17.1 Å². The van der Waals surface area contributed by atoms with Crippen LogP contribution in [0.15, 0.2) is 42.5 Å². The van der Waals surface area contributed by atoms with Gasteiger partial charge in [-0.15, -0.1) is 0 Å². The molecule has 0 bridgehead atoms. The van der Waals surface area contributed by atoms with E-state index in [9.17, 15) is 0 Å². The average Bonchev–Trinajstić information content (AvgIpc) is 2.55. The third-order valence-electron chi connectivity index (χ3n) is 3.60. The molecular weight excluding hydrogens is 272 g/mol. The molecule has 0 radical (unpaired) electrons. The van der Waals surface area contributed by atoms with Crippen LogP contribution in [0.1, 0.15) is 16.7 Å². The van der Waals surface area contributed by atoms with E-state index in [-0.39, 0.29) is 0 Å². The second-order valence-electron chi connectivity index (χ2n) is 5.08.